The van der Waals surface area contributed by atoms with Crippen LogP contribution in [0.2, 0.25) is 0 Å². The quantitative estimate of drug-likeness (QED) is 0.528. The SMILES string of the molecule is CCOc1cc(C=Nc2ccc(NC(C)=O)cc2)ccc1OCc1ccccc1. The average molecular weight is 388 g/mol. The summed E-state index contributed by atoms with van der Waals surface area (Å²) >= 11 is 0. The molecular formula is C24H24N2O3. The van der Waals surface area contributed by atoms with Crippen LogP contribution in [0.4, 0.5) is 11.4 Å². The Hall–Kier alpha value is -3.60. The van der Waals surface area contributed by atoms with Gasteiger partial charge in [-0.05, 0) is 60.5 Å². The lowest BCUT2D eigenvalue weighted by molar-refractivity contribution is -0.114. The molecule has 0 atom stereocenters. The van der Waals surface area contributed by atoms with Gasteiger partial charge in [0.05, 0.1) is 12.3 Å². The number of benzene rings is 3. The van der Waals surface area contributed by atoms with Crippen molar-refractivity contribution in [3.8, 4) is 11.5 Å². The van der Waals surface area contributed by atoms with Crippen molar-refractivity contribution in [1.82, 2.24) is 0 Å². The first kappa shape index (κ1) is 20.1. The first-order valence-electron chi connectivity index (χ1n) is 9.49. The van der Waals surface area contributed by atoms with Crippen molar-refractivity contribution in [2.24, 2.45) is 4.99 Å². The Morgan fingerprint density at radius 3 is 2.41 bits per heavy atom. The van der Waals surface area contributed by atoms with E-state index in [-0.39, 0.29) is 5.91 Å². The van der Waals surface area contributed by atoms with E-state index < -0.39 is 0 Å². The van der Waals surface area contributed by atoms with Gasteiger partial charge in [-0.3, -0.25) is 9.79 Å². The zero-order valence-corrected chi connectivity index (χ0v) is 16.6. The van der Waals surface area contributed by atoms with Crippen LogP contribution in [-0.4, -0.2) is 18.7 Å². The van der Waals surface area contributed by atoms with Crippen LogP contribution in [0.3, 0.4) is 0 Å². The molecule has 0 unspecified atom stereocenters. The molecule has 5 heteroatoms. The maximum atomic E-state index is 11.1. The minimum atomic E-state index is -0.0979. The van der Waals surface area contributed by atoms with E-state index in [4.69, 9.17) is 9.47 Å². The van der Waals surface area contributed by atoms with Crippen LogP contribution >= 0.6 is 0 Å². The van der Waals surface area contributed by atoms with E-state index in [2.05, 4.69) is 10.3 Å². The highest BCUT2D eigenvalue weighted by Crippen LogP contribution is 2.29. The van der Waals surface area contributed by atoms with Gasteiger partial charge >= 0.3 is 0 Å². The third kappa shape index (κ3) is 6.21. The number of rotatable bonds is 8. The third-order valence-corrected chi connectivity index (χ3v) is 4.06. The van der Waals surface area contributed by atoms with Gasteiger partial charge in [-0.25, -0.2) is 0 Å². The Bertz CT molecular complexity index is 967. The predicted octanol–water partition coefficient (Wildman–Crippen LogP) is 5.37. The van der Waals surface area contributed by atoms with Crippen LogP contribution in [0, 0.1) is 0 Å². The van der Waals surface area contributed by atoms with E-state index in [1.54, 1.807) is 6.21 Å². The second-order valence-electron chi connectivity index (χ2n) is 6.40. The van der Waals surface area contributed by atoms with Crippen molar-refractivity contribution >= 4 is 23.5 Å². The molecule has 0 spiro atoms. The number of hydrogen-bond donors (Lipinski definition) is 1. The summed E-state index contributed by atoms with van der Waals surface area (Å²) in [6.45, 7) is 4.45. The predicted molar refractivity (Wildman–Crippen MR) is 116 cm³/mol. The second kappa shape index (κ2) is 10.1. The van der Waals surface area contributed by atoms with Crippen LogP contribution in [-0.2, 0) is 11.4 Å². The summed E-state index contributed by atoms with van der Waals surface area (Å²) < 4.78 is 11.7. The van der Waals surface area contributed by atoms with Gasteiger partial charge in [0.1, 0.15) is 6.61 Å². The van der Waals surface area contributed by atoms with Gasteiger partial charge in [0.25, 0.3) is 0 Å². The van der Waals surface area contributed by atoms with Gasteiger partial charge in [-0.15, -0.1) is 0 Å². The summed E-state index contributed by atoms with van der Waals surface area (Å²) in [4.78, 5) is 15.6. The van der Waals surface area contributed by atoms with Crippen molar-refractivity contribution < 1.29 is 14.3 Å². The lowest BCUT2D eigenvalue weighted by Gasteiger charge is -2.12. The average Bonchev–Trinajstić information content (AvgIpc) is 2.73. The van der Waals surface area contributed by atoms with Crippen molar-refractivity contribution in [3.63, 3.8) is 0 Å². The lowest BCUT2D eigenvalue weighted by Crippen LogP contribution is -2.04. The Morgan fingerprint density at radius 1 is 0.966 bits per heavy atom. The third-order valence-electron chi connectivity index (χ3n) is 4.06. The van der Waals surface area contributed by atoms with E-state index in [1.807, 2.05) is 79.7 Å². The van der Waals surface area contributed by atoms with Gasteiger partial charge in [0, 0.05) is 18.8 Å². The number of ether oxygens (including phenoxy) is 2. The molecule has 0 aliphatic rings. The Labute approximate surface area is 171 Å². The normalized spacial score (nSPS) is 10.7. The van der Waals surface area contributed by atoms with E-state index in [0.717, 1.165) is 22.5 Å². The molecule has 0 heterocycles. The van der Waals surface area contributed by atoms with Crippen molar-refractivity contribution in [2.75, 3.05) is 11.9 Å². The molecule has 1 amide bonds. The number of amides is 1. The van der Waals surface area contributed by atoms with Crippen LogP contribution in [0.1, 0.15) is 25.0 Å². The van der Waals surface area contributed by atoms with E-state index in [1.165, 1.54) is 6.92 Å². The zero-order valence-electron chi connectivity index (χ0n) is 16.6. The molecule has 0 aliphatic heterocycles. The smallest absolute Gasteiger partial charge is 0.221 e. The molecule has 0 radical (unpaired) electrons. The van der Waals surface area contributed by atoms with Crippen LogP contribution < -0.4 is 14.8 Å². The van der Waals surface area contributed by atoms with E-state index in [9.17, 15) is 4.79 Å². The molecule has 5 nitrogen and oxygen atoms in total. The molecule has 0 fully saturated rings. The standard InChI is InChI=1S/C24H24N2O3/c1-3-28-24-15-20(9-14-23(24)29-17-19-7-5-4-6-8-19)16-25-21-10-12-22(13-11-21)26-18(2)27/h4-16H,3,17H2,1-2H3,(H,26,27). The molecule has 0 bridgehead atoms. The topological polar surface area (TPSA) is 59.9 Å². The molecule has 0 aromatic heterocycles. The number of aliphatic imine (C=N–C) groups is 1. The monoisotopic (exact) mass is 388 g/mol. The van der Waals surface area contributed by atoms with Gasteiger partial charge < -0.3 is 14.8 Å². The summed E-state index contributed by atoms with van der Waals surface area (Å²) in [6.07, 6.45) is 1.77. The first-order chi connectivity index (χ1) is 14.1. The molecule has 0 saturated carbocycles. The Kier molecular flexibility index (Phi) is 7.00. The summed E-state index contributed by atoms with van der Waals surface area (Å²) in [7, 11) is 0. The molecule has 1 N–H and O–H groups in total. The minimum Gasteiger partial charge on any atom is -0.490 e. The zero-order chi connectivity index (χ0) is 20.5. The van der Waals surface area contributed by atoms with Crippen molar-refractivity contribution in [2.45, 2.75) is 20.5 Å². The molecule has 3 aromatic rings. The number of anilines is 1. The first-order valence-corrected chi connectivity index (χ1v) is 9.49. The molecule has 29 heavy (non-hydrogen) atoms. The molecule has 0 saturated heterocycles. The summed E-state index contributed by atoms with van der Waals surface area (Å²) in [5, 5.41) is 2.74. The fourth-order valence-corrected chi connectivity index (χ4v) is 2.71. The molecule has 3 aromatic carbocycles. The van der Waals surface area contributed by atoms with Gasteiger partial charge in [0.15, 0.2) is 11.5 Å². The summed E-state index contributed by atoms with van der Waals surface area (Å²) in [5.74, 6) is 1.29. The van der Waals surface area contributed by atoms with E-state index in [0.29, 0.717) is 24.7 Å². The molecular weight excluding hydrogens is 364 g/mol. The number of nitrogens with zero attached hydrogens (tertiary/aromatic N) is 1. The fraction of sp³-hybridized carbons (Fsp3) is 0.167. The summed E-state index contributed by atoms with van der Waals surface area (Å²) in [5.41, 5.74) is 3.55. The largest absolute Gasteiger partial charge is 0.490 e. The fourth-order valence-electron chi connectivity index (χ4n) is 2.71. The van der Waals surface area contributed by atoms with Crippen molar-refractivity contribution in [1.29, 1.82) is 0 Å². The highest BCUT2D eigenvalue weighted by Gasteiger charge is 2.06. The highest BCUT2D eigenvalue weighted by atomic mass is 16.5. The van der Waals surface area contributed by atoms with Gasteiger partial charge in [-0.2, -0.15) is 0 Å². The highest BCUT2D eigenvalue weighted by molar-refractivity contribution is 5.89. The number of nitrogens with one attached hydrogen (secondary N) is 1. The summed E-state index contributed by atoms with van der Waals surface area (Å²) in [6, 6.07) is 23.1. The van der Waals surface area contributed by atoms with Crippen LogP contribution in [0.15, 0.2) is 77.8 Å². The number of carbonyl (C=O) groups is 1. The van der Waals surface area contributed by atoms with Gasteiger partial charge in [0.2, 0.25) is 5.91 Å². The molecule has 0 aliphatic carbocycles. The van der Waals surface area contributed by atoms with Crippen LogP contribution in [0.25, 0.3) is 0 Å². The maximum absolute atomic E-state index is 11.1. The van der Waals surface area contributed by atoms with E-state index >= 15 is 0 Å². The van der Waals surface area contributed by atoms with Gasteiger partial charge in [-0.1, -0.05) is 30.3 Å². The lowest BCUT2D eigenvalue weighted by atomic mass is 10.2. The molecule has 3 rings (SSSR count). The Morgan fingerprint density at radius 2 is 1.72 bits per heavy atom. The molecule has 148 valence electrons. The number of carbonyl (C=O) groups excluding carboxylic acids is 1. The van der Waals surface area contributed by atoms with Crippen molar-refractivity contribution in [3.05, 3.63) is 83.9 Å². The second-order valence-corrected chi connectivity index (χ2v) is 6.40. The number of hydrogen-bond acceptors (Lipinski definition) is 4. The Balaban J connectivity index is 1.70. The van der Waals surface area contributed by atoms with Crippen LogP contribution in [0.5, 0.6) is 11.5 Å². The maximum Gasteiger partial charge on any atom is 0.221 e. The minimum absolute atomic E-state index is 0.0979.